The normalized spacial score (nSPS) is 21.2. The van der Waals surface area contributed by atoms with Crippen LogP contribution in [0.2, 0.25) is 0 Å². The maximum Gasteiger partial charge on any atom is 0.242 e. The largest absolute Gasteiger partial charge is 0.377 e. The number of para-hydroxylation sites is 2. The van der Waals surface area contributed by atoms with Gasteiger partial charge in [0, 0.05) is 25.2 Å². The highest BCUT2D eigenvalue weighted by molar-refractivity contribution is 5.84. The van der Waals surface area contributed by atoms with Gasteiger partial charge >= 0.3 is 0 Å². The van der Waals surface area contributed by atoms with Gasteiger partial charge in [-0.3, -0.25) is 4.79 Å². The number of hydrogen-bond acceptors (Lipinski definition) is 3. The van der Waals surface area contributed by atoms with Gasteiger partial charge in [-0.15, -0.1) is 0 Å². The smallest absolute Gasteiger partial charge is 0.242 e. The van der Waals surface area contributed by atoms with Crippen molar-refractivity contribution < 1.29 is 4.79 Å². The van der Waals surface area contributed by atoms with Crippen LogP contribution in [0.15, 0.2) is 24.3 Å². The average molecular weight is 301 g/mol. The summed E-state index contributed by atoms with van der Waals surface area (Å²) in [6.45, 7) is 9.80. The molecular weight excluding hydrogens is 274 g/mol. The van der Waals surface area contributed by atoms with Gasteiger partial charge in [0.05, 0.1) is 17.9 Å². The third-order valence-corrected chi connectivity index (χ3v) is 4.77. The molecule has 1 fully saturated rings. The molecule has 1 saturated heterocycles. The van der Waals surface area contributed by atoms with Crippen LogP contribution in [0.3, 0.4) is 0 Å². The predicted octanol–water partition coefficient (Wildman–Crippen LogP) is 2.96. The lowest BCUT2D eigenvalue weighted by molar-refractivity contribution is -0.131. The lowest BCUT2D eigenvalue weighted by atomic mass is 9.98. The molecule has 1 amide bonds. The highest BCUT2D eigenvalue weighted by Gasteiger charge is 2.31. The van der Waals surface area contributed by atoms with Gasteiger partial charge in [-0.2, -0.15) is 0 Å². The first-order valence-corrected chi connectivity index (χ1v) is 8.34. The maximum absolute atomic E-state index is 12.7. The van der Waals surface area contributed by atoms with Crippen LogP contribution in [0.4, 0.5) is 11.4 Å². The van der Waals surface area contributed by atoms with Gasteiger partial charge in [0.25, 0.3) is 0 Å². The lowest BCUT2D eigenvalue weighted by Crippen LogP contribution is -2.52. The molecule has 1 aromatic carbocycles. The Balaban J connectivity index is 1.73. The average Bonchev–Trinajstić information content (AvgIpc) is 2.46. The van der Waals surface area contributed by atoms with E-state index in [2.05, 4.69) is 43.1 Å². The molecule has 0 radical (unpaired) electrons. The number of carbonyl (C=O) groups excluding carboxylic acids is 1. The number of piperidine rings is 1. The Kier molecular flexibility index (Phi) is 4.02. The molecule has 0 unspecified atom stereocenters. The third-order valence-electron chi connectivity index (χ3n) is 4.77. The lowest BCUT2D eigenvalue weighted by Gasteiger charge is -2.42. The molecule has 0 atom stereocenters. The van der Waals surface area contributed by atoms with E-state index >= 15 is 0 Å². The molecule has 1 aromatic rings. The Labute approximate surface area is 133 Å². The van der Waals surface area contributed by atoms with E-state index < -0.39 is 0 Å². The van der Waals surface area contributed by atoms with Gasteiger partial charge in [0.1, 0.15) is 0 Å². The van der Waals surface area contributed by atoms with Crippen molar-refractivity contribution in [3.63, 3.8) is 0 Å². The molecule has 4 nitrogen and oxygen atoms in total. The topological polar surface area (TPSA) is 35.6 Å². The quantitative estimate of drug-likeness (QED) is 0.912. The summed E-state index contributed by atoms with van der Waals surface area (Å²) < 4.78 is 0. The zero-order valence-electron chi connectivity index (χ0n) is 13.9. The van der Waals surface area contributed by atoms with Gasteiger partial charge in [-0.05, 0) is 44.7 Å². The zero-order valence-corrected chi connectivity index (χ0v) is 13.9. The van der Waals surface area contributed by atoms with Crippen LogP contribution in [0.5, 0.6) is 0 Å². The molecule has 0 aromatic heterocycles. The molecule has 2 aliphatic heterocycles. The molecule has 0 aliphatic carbocycles. The first kappa shape index (κ1) is 15.2. The number of nitrogens with zero attached hydrogens (tertiary/aromatic N) is 2. The molecule has 22 heavy (non-hydrogen) atoms. The number of rotatable bonds is 2. The molecule has 2 heterocycles. The molecule has 1 N–H and O–H groups in total. The second-order valence-electron chi connectivity index (χ2n) is 7.45. The van der Waals surface area contributed by atoms with Crippen LogP contribution in [-0.4, -0.2) is 42.5 Å². The zero-order chi connectivity index (χ0) is 15.7. The molecule has 4 heteroatoms. The van der Waals surface area contributed by atoms with E-state index in [1.807, 2.05) is 17.0 Å². The first-order chi connectivity index (χ1) is 10.4. The van der Waals surface area contributed by atoms with Crippen molar-refractivity contribution in [1.82, 2.24) is 4.90 Å². The minimum atomic E-state index is -0.0228. The fraction of sp³-hybridized carbons (Fsp3) is 0.611. The van der Waals surface area contributed by atoms with Crippen molar-refractivity contribution in [2.45, 2.75) is 39.2 Å². The Morgan fingerprint density at radius 1 is 1.27 bits per heavy atom. The molecule has 3 rings (SSSR count). The van der Waals surface area contributed by atoms with Gasteiger partial charge in [-0.1, -0.05) is 19.1 Å². The van der Waals surface area contributed by atoms with E-state index in [9.17, 15) is 4.79 Å². The number of likely N-dealkylation sites (tertiary alicyclic amines) is 1. The molecular formula is C18H27N3O. The number of carbonyl (C=O) groups is 1. The van der Waals surface area contributed by atoms with E-state index in [0.29, 0.717) is 6.54 Å². The number of nitrogens with one attached hydrogen (secondary N) is 1. The van der Waals surface area contributed by atoms with E-state index in [1.54, 1.807) is 0 Å². The SMILES string of the molecule is CC1CCN(C(=O)CN2CC(C)(C)Nc3ccccc32)CC1. The number of hydrogen-bond donors (Lipinski definition) is 1. The highest BCUT2D eigenvalue weighted by atomic mass is 16.2. The number of anilines is 2. The van der Waals surface area contributed by atoms with Crippen LogP contribution in [0.25, 0.3) is 0 Å². The Bertz CT molecular complexity index is 547. The van der Waals surface area contributed by atoms with Gasteiger partial charge in [-0.25, -0.2) is 0 Å². The Morgan fingerprint density at radius 2 is 1.95 bits per heavy atom. The van der Waals surface area contributed by atoms with Crippen LogP contribution in [0, 0.1) is 5.92 Å². The summed E-state index contributed by atoms with van der Waals surface area (Å²) >= 11 is 0. The second kappa shape index (κ2) is 5.82. The van der Waals surface area contributed by atoms with E-state index in [4.69, 9.17) is 0 Å². The summed E-state index contributed by atoms with van der Waals surface area (Å²) in [5, 5.41) is 3.56. The third kappa shape index (κ3) is 3.21. The van der Waals surface area contributed by atoms with E-state index in [1.165, 1.54) is 0 Å². The van der Waals surface area contributed by atoms with Crippen molar-refractivity contribution in [2.24, 2.45) is 5.92 Å². The summed E-state index contributed by atoms with van der Waals surface area (Å²) in [6, 6.07) is 8.28. The van der Waals surface area contributed by atoms with Crippen molar-refractivity contribution in [3.8, 4) is 0 Å². The second-order valence-corrected chi connectivity index (χ2v) is 7.45. The fourth-order valence-corrected chi connectivity index (χ4v) is 3.48. The van der Waals surface area contributed by atoms with Crippen molar-refractivity contribution in [3.05, 3.63) is 24.3 Å². The fourth-order valence-electron chi connectivity index (χ4n) is 3.48. The minimum Gasteiger partial charge on any atom is -0.377 e. The van der Waals surface area contributed by atoms with Gasteiger partial charge in [0.15, 0.2) is 0 Å². The molecule has 0 saturated carbocycles. The Morgan fingerprint density at radius 3 is 2.68 bits per heavy atom. The molecule has 0 spiro atoms. The van der Waals surface area contributed by atoms with Gasteiger partial charge in [0.2, 0.25) is 5.91 Å². The monoisotopic (exact) mass is 301 g/mol. The summed E-state index contributed by atoms with van der Waals surface area (Å²) in [6.07, 6.45) is 2.27. The van der Waals surface area contributed by atoms with Crippen molar-refractivity contribution >= 4 is 17.3 Å². The number of fused-ring (bicyclic) bond motifs is 1. The number of amides is 1. The van der Waals surface area contributed by atoms with Crippen LogP contribution in [0.1, 0.15) is 33.6 Å². The summed E-state index contributed by atoms with van der Waals surface area (Å²) in [5.41, 5.74) is 2.24. The Hall–Kier alpha value is -1.71. The van der Waals surface area contributed by atoms with Crippen LogP contribution < -0.4 is 10.2 Å². The standard InChI is InChI=1S/C18H27N3O/c1-14-8-10-20(11-9-14)17(22)12-21-13-18(2,3)19-15-6-4-5-7-16(15)21/h4-7,14,19H,8-13H2,1-3H3. The summed E-state index contributed by atoms with van der Waals surface area (Å²) in [7, 11) is 0. The predicted molar refractivity (Wildman–Crippen MR) is 91.3 cm³/mol. The van der Waals surface area contributed by atoms with E-state index in [-0.39, 0.29) is 11.4 Å². The molecule has 120 valence electrons. The molecule has 0 bridgehead atoms. The highest BCUT2D eigenvalue weighted by Crippen LogP contribution is 2.34. The van der Waals surface area contributed by atoms with Crippen LogP contribution >= 0.6 is 0 Å². The summed E-state index contributed by atoms with van der Waals surface area (Å²) in [4.78, 5) is 16.9. The first-order valence-electron chi connectivity index (χ1n) is 8.34. The minimum absolute atomic E-state index is 0.0228. The maximum atomic E-state index is 12.7. The van der Waals surface area contributed by atoms with Crippen molar-refractivity contribution in [2.75, 3.05) is 36.4 Å². The molecule has 2 aliphatic rings. The van der Waals surface area contributed by atoms with Crippen molar-refractivity contribution in [1.29, 1.82) is 0 Å². The van der Waals surface area contributed by atoms with Crippen LogP contribution in [-0.2, 0) is 4.79 Å². The van der Waals surface area contributed by atoms with Gasteiger partial charge < -0.3 is 15.1 Å². The number of benzene rings is 1. The van der Waals surface area contributed by atoms with E-state index in [0.717, 1.165) is 49.8 Å². The summed E-state index contributed by atoms with van der Waals surface area (Å²) in [5.74, 6) is 1.02.